The van der Waals surface area contributed by atoms with E-state index in [0.717, 1.165) is 41.0 Å². The normalized spacial score (nSPS) is 13.9. The monoisotopic (exact) mass is 504 g/mol. The largest absolute Gasteiger partial charge is 0.493 e. The Hall–Kier alpha value is -3.61. The molecule has 0 unspecified atom stereocenters. The van der Waals surface area contributed by atoms with Gasteiger partial charge < -0.3 is 19.6 Å². The number of carboxylic acids is 1. The molecule has 0 saturated heterocycles. The van der Waals surface area contributed by atoms with Crippen molar-refractivity contribution < 1.29 is 23.8 Å². The van der Waals surface area contributed by atoms with E-state index < -0.39 is 5.97 Å². The first-order valence-electron chi connectivity index (χ1n) is 13.2. The van der Waals surface area contributed by atoms with Gasteiger partial charge in [0.2, 0.25) is 11.8 Å². The van der Waals surface area contributed by atoms with E-state index in [1.807, 2.05) is 55.5 Å². The number of carbonyl (C=O) groups is 2. The van der Waals surface area contributed by atoms with Crippen LogP contribution in [0.4, 0.5) is 0 Å². The summed E-state index contributed by atoms with van der Waals surface area (Å²) < 4.78 is 11.9. The van der Waals surface area contributed by atoms with Gasteiger partial charge >= 0.3 is 5.97 Å². The maximum absolute atomic E-state index is 12.6. The maximum atomic E-state index is 12.6. The second-order valence-electron chi connectivity index (χ2n) is 9.80. The highest BCUT2D eigenvalue weighted by Crippen LogP contribution is 2.27. The van der Waals surface area contributed by atoms with Gasteiger partial charge in [0.05, 0.1) is 12.3 Å². The zero-order valence-electron chi connectivity index (χ0n) is 21.5. The van der Waals surface area contributed by atoms with Crippen LogP contribution >= 0.6 is 0 Å². The first-order chi connectivity index (χ1) is 18.0. The van der Waals surface area contributed by atoms with Crippen LogP contribution in [0.3, 0.4) is 0 Å². The highest BCUT2D eigenvalue weighted by molar-refractivity contribution is 5.76. The van der Waals surface area contributed by atoms with E-state index in [0.29, 0.717) is 50.0 Å². The molecule has 2 N–H and O–H groups in total. The van der Waals surface area contributed by atoms with Gasteiger partial charge in [0.1, 0.15) is 11.5 Å². The summed E-state index contributed by atoms with van der Waals surface area (Å²) in [5.41, 5.74) is 3.59. The summed E-state index contributed by atoms with van der Waals surface area (Å²) >= 11 is 0. The lowest BCUT2D eigenvalue weighted by atomic mass is 9.87. The molecule has 0 radical (unpaired) electrons. The zero-order chi connectivity index (χ0) is 26.0. The second kappa shape index (κ2) is 13.1. The van der Waals surface area contributed by atoms with Crippen LogP contribution in [-0.4, -0.2) is 28.6 Å². The lowest BCUT2D eigenvalue weighted by Gasteiger charge is -2.21. The summed E-state index contributed by atoms with van der Waals surface area (Å²) in [5.74, 6) is 1.73. The van der Waals surface area contributed by atoms with Gasteiger partial charge in [-0.25, -0.2) is 4.98 Å². The van der Waals surface area contributed by atoms with Gasteiger partial charge in [-0.05, 0) is 67.5 Å². The van der Waals surface area contributed by atoms with E-state index in [2.05, 4.69) is 10.3 Å². The molecule has 1 saturated carbocycles. The fraction of sp³-hybridized carbons (Fsp3) is 0.433. The number of aliphatic carboxylic acids is 1. The van der Waals surface area contributed by atoms with Crippen molar-refractivity contribution in [1.82, 2.24) is 10.3 Å². The van der Waals surface area contributed by atoms with E-state index in [1.54, 1.807) is 0 Å². The van der Waals surface area contributed by atoms with Crippen molar-refractivity contribution >= 4 is 11.9 Å². The molecule has 1 aliphatic carbocycles. The van der Waals surface area contributed by atoms with Crippen LogP contribution in [0, 0.1) is 12.8 Å². The van der Waals surface area contributed by atoms with Gasteiger partial charge in [0.25, 0.3) is 0 Å². The van der Waals surface area contributed by atoms with Crippen molar-refractivity contribution in [2.45, 2.75) is 71.3 Å². The number of oxazole rings is 1. The Bertz CT molecular complexity index is 1180. The molecule has 4 rings (SSSR count). The van der Waals surface area contributed by atoms with Crippen LogP contribution in [0.5, 0.6) is 5.75 Å². The Labute approximate surface area is 218 Å². The Kier molecular flexibility index (Phi) is 9.35. The summed E-state index contributed by atoms with van der Waals surface area (Å²) in [6, 6.07) is 15.5. The van der Waals surface area contributed by atoms with Gasteiger partial charge in [-0.3, -0.25) is 9.59 Å². The van der Waals surface area contributed by atoms with Crippen LogP contribution in [-0.2, 0) is 29.0 Å². The molecule has 196 valence electrons. The van der Waals surface area contributed by atoms with E-state index in [4.69, 9.17) is 14.3 Å². The number of carboxylic acid groups (broad SMARTS) is 1. The first kappa shape index (κ1) is 26.5. The molecule has 1 aromatic heterocycles. The smallest absolute Gasteiger partial charge is 0.303 e. The van der Waals surface area contributed by atoms with Crippen molar-refractivity contribution in [2.24, 2.45) is 5.92 Å². The molecule has 1 fully saturated rings. The Balaban J connectivity index is 1.36. The fourth-order valence-corrected chi connectivity index (χ4v) is 4.89. The highest BCUT2D eigenvalue weighted by Gasteiger charge is 2.17. The molecule has 0 bridgehead atoms. The van der Waals surface area contributed by atoms with Crippen molar-refractivity contribution in [3.63, 3.8) is 0 Å². The van der Waals surface area contributed by atoms with Crippen molar-refractivity contribution in [3.05, 3.63) is 71.1 Å². The van der Waals surface area contributed by atoms with E-state index in [9.17, 15) is 9.59 Å². The predicted molar refractivity (Wildman–Crippen MR) is 141 cm³/mol. The number of rotatable bonds is 12. The number of nitrogens with zero attached hydrogens (tertiary/aromatic N) is 1. The highest BCUT2D eigenvalue weighted by atomic mass is 16.5. The molecular weight excluding hydrogens is 468 g/mol. The maximum Gasteiger partial charge on any atom is 0.303 e. The van der Waals surface area contributed by atoms with Gasteiger partial charge in [0, 0.05) is 31.4 Å². The molecule has 7 nitrogen and oxygen atoms in total. The topological polar surface area (TPSA) is 102 Å². The fourth-order valence-electron chi connectivity index (χ4n) is 4.89. The minimum atomic E-state index is -0.842. The summed E-state index contributed by atoms with van der Waals surface area (Å²) in [7, 11) is 0. The number of aromatic nitrogens is 1. The number of nitrogens with one attached hydrogen (secondary N) is 1. The van der Waals surface area contributed by atoms with Crippen molar-refractivity contribution in [3.8, 4) is 17.2 Å². The summed E-state index contributed by atoms with van der Waals surface area (Å²) in [6.45, 7) is 2.68. The third kappa shape index (κ3) is 7.94. The SMILES string of the molecule is Cc1oc(-c2ccccc2)nc1CCOc1ccc(CCC(=O)O)c(CNC(=O)CC2CCCCC2)c1. The predicted octanol–water partition coefficient (Wildman–Crippen LogP) is 5.88. The molecule has 7 heteroatoms. The van der Waals surface area contributed by atoms with Crippen LogP contribution < -0.4 is 10.1 Å². The molecule has 1 aliphatic rings. The lowest BCUT2D eigenvalue weighted by Crippen LogP contribution is -2.26. The summed E-state index contributed by atoms with van der Waals surface area (Å²) in [4.78, 5) is 28.3. The minimum Gasteiger partial charge on any atom is -0.493 e. The van der Waals surface area contributed by atoms with Crippen LogP contribution in [0.25, 0.3) is 11.5 Å². The number of amides is 1. The summed E-state index contributed by atoms with van der Waals surface area (Å²) in [5, 5.41) is 12.2. The molecule has 1 amide bonds. The van der Waals surface area contributed by atoms with Crippen LogP contribution in [0.2, 0.25) is 0 Å². The van der Waals surface area contributed by atoms with Crippen LogP contribution in [0.1, 0.15) is 67.5 Å². The third-order valence-corrected chi connectivity index (χ3v) is 6.98. The Morgan fingerprint density at radius 2 is 1.84 bits per heavy atom. The number of carbonyl (C=O) groups excluding carboxylic acids is 1. The number of hydrogen-bond donors (Lipinski definition) is 2. The van der Waals surface area contributed by atoms with Gasteiger partial charge in [-0.2, -0.15) is 0 Å². The van der Waals surface area contributed by atoms with Gasteiger partial charge in [0.15, 0.2) is 0 Å². The quantitative estimate of drug-likeness (QED) is 0.320. The molecule has 37 heavy (non-hydrogen) atoms. The number of hydrogen-bond acceptors (Lipinski definition) is 5. The first-order valence-corrected chi connectivity index (χ1v) is 13.2. The Morgan fingerprint density at radius 1 is 1.05 bits per heavy atom. The number of benzene rings is 2. The molecule has 2 aromatic carbocycles. The Morgan fingerprint density at radius 3 is 2.59 bits per heavy atom. The van der Waals surface area contributed by atoms with Crippen molar-refractivity contribution in [1.29, 1.82) is 0 Å². The average Bonchev–Trinajstić information content (AvgIpc) is 3.28. The average molecular weight is 505 g/mol. The lowest BCUT2D eigenvalue weighted by molar-refractivity contribution is -0.137. The molecule has 3 aromatic rings. The molecule has 0 spiro atoms. The summed E-state index contributed by atoms with van der Waals surface area (Å²) in [6.07, 6.45) is 7.52. The van der Waals surface area contributed by atoms with Crippen LogP contribution in [0.15, 0.2) is 52.9 Å². The molecular formula is C30H36N2O5. The second-order valence-corrected chi connectivity index (χ2v) is 9.80. The molecule has 0 atom stereocenters. The molecule has 1 heterocycles. The third-order valence-electron chi connectivity index (χ3n) is 6.98. The van der Waals surface area contributed by atoms with E-state index in [-0.39, 0.29) is 12.3 Å². The van der Waals surface area contributed by atoms with Crippen molar-refractivity contribution in [2.75, 3.05) is 6.61 Å². The number of ether oxygens (including phenoxy) is 1. The van der Waals surface area contributed by atoms with Gasteiger partial charge in [-0.15, -0.1) is 0 Å². The minimum absolute atomic E-state index is 0.0401. The number of aryl methyl sites for hydroxylation is 2. The van der Waals surface area contributed by atoms with E-state index in [1.165, 1.54) is 19.3 Å². The standard InChI is InChI=1S/C30H36N2O5/c1-21-27(32-30(37-21)24-10-6-3-7-11-24)16-17-36-26-14-12-23(13-15-29(34)35)25(19-26)20-31-28(33)18-22-8-4-2-5-9-22/h3,6-7,10-12,14,19,22H,2,4-5,8-9,13,15-18,20H2,1H3,(H,31,33)(H,34,35). The zero-order valence-corrected chi connectivity index (χ0v) is 21.5. The molecule has 0 aliphatic heterocycles. The van der Waals surface area contributed by atoms with E-state index >= 15 is 0 Å². The van der Waals surface area contributed by atoms with Gasteiger partial charge in [-0.1, -0.05) is 43.5 Å².